The van der Waals surface area contributed by atoms with Gasteiger partial charge in [-0.25, -0.2) is 0 Å². The third kappa shape index (κ3) is 3.99. The van der Waals surface area contributed by atoms with Crippen molar-refractivity contribution in [1.82, 2.24) is 5.32 Å². The first-order valence-electron chi connectivity index (χ1n) is 3.95. The van der Waals surface area contributed by atoms with Crippen LogP contribution in [0.1, 0.15) is 20.8 Å². The number of carboxylic acid groups (broad SMARTS) is 1. The van der Waals surface area contributed by atoms with Crippen molar-refractivity contribution >= 4 is 5.97 Å². The second-order valence-electron chi connectivity index (χ2n) is 2.87. The van der Waals surface area contributed by atoms with Crippen LogP contribution in [0.25, 0.3) is 0 Å². The molecule has 0 aliphatic rings. The number of carboxylic acids is 1. The highest BCUT2D eigenvalue weighted by Crippen LogP contribution is 2.00. The van der Waals surface area contributed by atoms with Crippen LogP contribution in [0.5, 0.6) is 0 Å². The molecule has 0 bridgehead atoms. The van der Waals surface area contributed by atoms with Crippen molar-refractivity contribution in [3.05, 3.63) is 0 Å². The van der Waals surface area contributed by atoms with Crippen molar-refractivity contribution in [2.75, 3.05) is 6.54 Å². The zero-order valence-electron chi connectivity index (χ0n) is 7.72. The average molecular weight is 169 g/mol. The van der Waals surface area contributed by atoms with E-state index < -0.39 is 12.0 Å². The van der Waals surface area contributed by atoms with Crippen LogP contribution in [0.2, 0.25) is 0 Å². The highest BCUT2D eigenvalue weighted by Gasteiger charge is 2.19. The van der Waals surface area contributed by atoms with Crippen LogP contribution >= 0.6 is 0 Å². The maximum atomic E-state index is 10.6. The van der Waals surface area contributed by atoms with Crippen molar-refractivity contribution in [3.8, 4) is 11.8 Å². The quantitative estimate of drug-likeness (QED) is 0.609. The van der Waals surface area contributed by atoms with Gasteiger partial charge in [0.05, 0.1) is 6.54 Å². The standard InChI is InChI=1S/C9H15NO2/c1-4-5-6-10-8(7(2)3)9(11)12/h7-8,10H,6H2,1-3H3,(H,11,12). The van der Waals surface area contributed by atoms with E-state index in [1.807, 2.05) is 13.8 Å². The second kappa shape index (κ2) is 5.62. The molecule has 3 nitrogen and oxygen atoms in total. The van der Waals surface area contributed by atoms with Gasteiger partial charge in [0.15, 0.2) is 0 Å². The molecule has 12 heavy (non-hydrogen) atoms. The first kappa shape index (κ1) is 11.0. The Kier molecular flexibility index (Phi) is 5.14. The molecule has 0 fully saturated rings. The van der Waals surface area contributed by atoms with E-state index in [1.54, 1.807) is 6.92 Å². The molecule has 0 radical (unpaired) electrons. The van der Waals surface area contributed by atoms with E-state index >= 15 is 0 Å². The van der Waals surface area contributed by atoms with Gasteiger partial charge >= 0.3 is 5.97 Å². The van der Waals surface area contributed by atoms with Gasteiger partial charge in [0.2, 0.25) is 0 Å². The van der Waals surface area contributed by atoms with Crippen LogP contribution in [-0.2, 0) is 4.79 Å². The van der Waals surface area contributed by atoms with Crippen LogP contribution in [0.15, 0.2) is 0 Å². The van der Waals surface area contributed by atoms with Gasteiger partial charge < -0.3 is 5.11 Å². The molecule has 2 N–H and O–H groups in total. The molecule has 68 valence electrons. The fraction of sp³-hybridized carbons (Fsp3) is 0.667. The van der Waals surface area contributed by atoms with E-state index in [1.165, 1.54) is 0 Å². The smallest absolute Gasteiger partial charge is 0.320 e. The molecular weight excluding hydrogens is 154 g/mol. The highest BCUT2D eigenvalue weighted by atomic mass is 16.4. The fourth-order valence-corrected chi connectivity index (χ4v) is 0.858. The molecule has 0 aliphatic carbocycles. The van der Waals surface area contributed by atoms with Crippen molar-refractivity contribution < 1.29 is 9.90 Å². The van der Waals surface area contributed by atoms with Gasteiger partial charge in [0.1, 0.15) is 6.04 Å². The van der Waals surface area contributed by atoms with Crippen molar-refractivity contribution in [2.24, 2.45) is 5.92 Å². The maximum Gasteiger partial charge on any atom is 0.320 e. The Morgan fingerprint density at radius 2 is 2.17 bits per heavy atom. The summed E-state index contributed by atoms with van der Waals surface area (Å²) in [5.41, 5.74) is 0. The molecule has 3 heteroatoms. The molecule has 1 atom stereocenters. The van der Waals surface area contributed by atoms with E-state index in [4.69, 9.17) is 5.11 Å². The van der Waals surface area contributed by atoms with Gasteiger partial charge in [-0.1, -0.05) is 19.8 Å². The van der Waals surface area contributed by atoms with E-state index in [0.717, 1.165) is 0 Å². The van der Waals surface area contributed by atoms with E-state index in [-0.39, 0.29) is 5.92 Å². The van der Waals surface area contributed by atoms with Crippen molar-refractivity contribution in [3.63, 3.8) is 0 Å². The second-order valence-corrected chi connectivity index (χ2v) is 2.87. The lowest BCUT2D eigenvalue weighted by molar-refractivity contribution is -0.140. The zero-order chi connectivity index (χ0) is 9.56. The summed E-state index contributed by atoms with van der Waals surface area (Å²) in [4.78, 5) is 10.6. The Morgan fingerprint density at radius 3 is 2.50 bits per heavy atom. The molecule has 0 aromatic rings. The molecule has 0 saturated carbocycles. The lowest BCUT2D eigenvalue weighted by Gasteiger charge is -2.15. The lowest BCUT2D eigenvalue weighted by Crippen LogP contribution is -2.41. The minimum absolute atomic E-state index is 0.0844. The van der Waals surface area contributed by atoms with Gasteiger partial charge in [-0.15, -0.1) is 5.92 Å². The number of carbonyl (C=O) groups is 1. The van der Waals surface area contributed by atoms with Crippen molar-refractivity contribution in [2.45, 2.75) is 26.8 Å². The summed E-state index contributed by atoms with van der Waals surface area (Å²) in [7, 11) is 0. The molecule has 0 amide bonds. The first-order valence-corrected chi connectivity index (χ1v) is 3.95. The zero-order valence-corrected chi connectivity index (χ0v) is 7.72. The molecular formula is C9H15NO2. The number of hydrogen-bond donors (Lipinski definition) is 2. The number of hydrogen-bond acceptors (Lipinski definition) is 2. The summed E-state index contributed by atoms with van der Waals surface area (Å²) in [6, 6.07) is -0.495. The van der Waals surface area contributed by atoms with Crippen LogP contribution in [0.3, 0.4) is 0 Å². The van der Waals surface area contributed by atoms with Crippen LogP contribution < -0.4 is 5.32 Å². The predicted octanol–water partition coefficient (Wildman–Crippen LogP) is 0.708. The monoisotopic (exact) mass is 169 g/mol. The Balaban J connectivity index is 3.94. The molecule has 0 rings (SSSR count). The van der Waals surface area contributed by atoms with Crippen LogP contribution in [0.4, 0.5) is 0 Å². The predicted molar refractivity (Wildman–Crippen MR) is 47.7 cm³/mol. The van der Waals surface area contributed by atoms with E-state index in [2.05, 4.69) is 17.2 Å². The van der Waals surface area contributed by atoms with E-state index in [0.29, 0.717) is 6.54 Å². The molecule has 0 aliphatic heterocycles. The summed E-state index contributed by atoms with van der Waals surface area (Å²) in [6.07, 6.45) is 0. The van der Waals surface area contributed by atoms with Gasteiger partial charge in [0.25, 0.3) is 0 Å². The number of aliphatic carboxylic acids is 1. The number of rotatable bonds is 4. The Hall–Kier alpha value is -1.01. The topological polar surface area (TPSA) is 49.3 Å². The fourth-order valence-electron chi connectivity index (χ4n) is 0.858. The minimum atomic E-state index is -0.817. The summed E-state index contributed by atoms with van der Waals surface area (Å²) in [5, 5.41) is 11.6. The van der Waals surface area contributed by atoms with Crippen molar-refractivity contribution in [1.29, 1.82) is 0 Å². The van der Waals surface area contributed by atoms with Gasteiger partial charge in [0, 0.05) is 0 Å². The van der Waals surface area contributed by atoms with Crippen LogP contribution in [-0.4, -0.2) is 23.7 Å². The Bertz CT molecular complexity index is 200. The SMILES string of the molecule is CC#CCNC(C(=O)O)C(C)C. The Labute approximate surface area is 73.2 Å². The third-order valence-electron chi connectivity index (χ3n) is 1.52. The highest BCUT2D eigenvalue weighted by molar-refractivity contribution is 5.73. The molecule has 0 aromatic heterocycles. The lowest BCUT2D eigenvalue weighted by atomic mass is 10.1. The van der Waals surface area contributed by atoms with Gasteiger partial charge in [-0.2, -0.15) is 0 Å². The summed E-state index contributed by atoms with van der Waals surface area (Å²) in [5.74, 6) is 4.73. The molecule has 1 unspecified atom stereocenters. The maximum absolute atomic E-state index is 10.6. The molecule has 0 aromatic carbocycles. The molecule has 0 saturated heterocycles. The summed E-state index contributed by atoms with van der Waals surface area (Å²) >= 11 is 0. The van der Waals surface area contributed by atoms with Gasteiger partial charge in [-0.3, -0.25) is 10.1 Å². The first-order chi connectivity index (χ1) is 5.59. The van der Waals surface area contributed by atoms with Gasteiger partial charge in [-0.05, 0) is 12.8 Å². The minimum Gasteiger partial charge on any atom is -0.480 e. The normalized spacial score (nSPS) is 12.0. The largest absolute Gasteiger partial charge is 0.480 e. The third-order valence-corrected chi connectivity index (χ3v) is 1.52. The summed E-state index contributed by atoms with van der Waals surface area (Å²) < 4.78 is 0. The molecule has 0 heterocycles. The van der Waals surface area contributed by atoms with E-state index in [9.17, 15) is 4.79 Å². The average Bonchev–Trinajstić information content (AvgIpc) is 1.96. The Morgan fingerprint density at radius 1 is 1.58 bits per heavy atom. The number of nitrogens with one attached hydrogen (secondary N) is 1. The molecule has 0 spiro atoms. The summed E-state index contributed by atoms with van der Waals surface area (Å²) in [6.45, 7) is 5.90. The van der Waals surface area contributed by atoms with Crippen LogP contribution in [0, 0.1) is 17.8 Å².